The van der Waals surface area contributed by atoms with Gasteiger partial charge in [0.2, 0.25) is 0 Å². The third-order valence-corrected chi connectivity index (χ3v) is 2.78. The number of anilines is 1. The summed E-state index contributed by atoms with van der Waals surface area (Å²) in [4.78, 5) is 6.74. The standard InChI is InChI=1S/C13H21N5/c1-10(2)9-17(6-4-14)13-12-8-11(3)16-18(12)7-5-15-13/h5,7-8,10H,4,6,9,14H2,1-3H3. The summed E-state index contributed by atoms with van der Waals surface area (Å²) in [6.45, 7) is 8.79. The normalized spacial score (nSPS) is 11.4. The molecule has 5 heteroatoms. The summed E-state index contributed by atoms with van der Waals surface area (Å²) in [5, 5.41) is 4.41. The van der Waals surface area contributed by atoms with Crippen LogP contribution in [0, 0.1) is 12.8 Å². The van der Waals surface area contributed by atoms with Crippen LogP contribution >= 0.6 is 0 Å². The molecule has 18 heavy (non-hydrogen) atoms. The van der Waals surface area contributed by atoms with Gasteiger partial charge in [-0.05, 0) is 18.9 Å². The fourth-order valence-corrected chi connectivity index (χ4v) is 2.15. The predicted molar refractivity (Wildman–Crippen MR) is 73.8 cm³/mol. The highest BCUT2D eigenvalue weighted by Gasteiger charge is 2.13. The van der Waals surface area contributed by atoms with Crippen LogP contribution in [-0.4, -0.2) is 34.2 Å². The molecular weight excluding hydrogens is 226 g/mol. The molecule has 5 nitrogen and oxygen atoms in total. The molecule has 2 aromatic heterocycles. The van der Waals surface area contributed by atoms with Gasteiger partial charge >= 0.3 is 0 Å². The number of aryl methyl sites for hydroxylation is 1. The van der Waals surface area contributed by atoms with Gasteiger partial charge in [0.15, 0.2) is 5.82 Å². The maximum atomic E-state index is 5.70. The molecule has 0 aliphatic carbocycles. The van der Waals surface area contributed by atoms with Gasteiger partial charge < -0.3 is 10.6 Å². The topological polar surface area (TPSA) is 59.5 Å². The number of hydrogen-bond donors (Lipinski definition) is 1. The Balaban J connectivity index is 2.42. The number of nitrogens with two attached hydrogens (primary N) is 1. The molecule has 2 aromatic rings. The van der Waals surface area contributed by atoms with E-state index in [2.05, 4.69) is 34.9 Å². The lowest BCUT2D eigenvalue weighted by molar-refractivity contribution is 0.607. The average Bonchev–Trinajstić information content (AvgIpc) is 2.67. The molecule has 2 N–H and O–H groups in total. The summed E-state index contributed by atoms with van der Waals surface area (Å²) in [6, 6.07) is 2.06. The fraction of sp³-hybridized carbons (Fsp3) is 0.538. The van der Waals surface area contributed by atoms with E-state index in [9.17, 15) is 0 Å². The van der Waals surface area contributed by atoms with Gasteiger partial charge in [-0.3, -0.25) is 0 Å². The number of fused-ring (bicyclic) bond motifs is 1. The zero-order valence-electron chi connectivity index (χ0n) is 11.3. The summed E-state index contributed by atoms with van der Waals surface area (Å²) in [6.07, 6.45) is 3.67. The Morgan fingerprint density at radius 3 is 2.89 bits per heavy atom. The van der Waals surface area contributed by atoms with Gasteiger partial charge in [-0.15, -0.1) is 0 Å². The van der Waals surface area contributed by atoms with Gasteiger partial charge in [0.25, 0.3) is 0 Å². The summed E-state index contributed by atoms with van der Waals surface area (Å²) >= 11 is 0. The highest BCUT2D eigenvalue weighted by Crippen LogP contribution is 2.20. The molecule has 0 saturated heterocycles. The molecule has 0 spiro atoms. The summed E-state index contributed by atoms with van der Waals surface area (Å²) in [7, 11) is 0. The molecule has 0 radical (unpaired) electrons. The second-order valence-corrected chi connectivity index (χ2v) is 4.99. The van der Waals surface area contributed by atoms with Gasteiger partial charge in [-0.1, -0.05) is 13.8 Å². The molecule has 98 valence electrons. The number of aromatic nitrogens is 3. The van der Waals surface area contributed by atoms with E-state index < -0.39 is 0 Å². The van der Waals surface area contributed by atoms with E-state index in [1.54, 1.807) is 6.20 Å². The van der Waals surface area contributed by atoms with E-state index in [0.29, 0.717) is 12.5 Å². The first-order valence-corrected chi connectivity index (χ1v) is 6.38. The van der Waals surface area contributed by atoms with E-state index in [1.165, 1.54) is 0 Å². The molecule has 0 saturated carbocycles. The molecule has 2 rings (SSSR count). The number of rotatable bonds is 5. The van der Waals surface area contributed by atoms with Gasteiger partial charge in [0.05, 0.1) is 5.69 Å². The van der Waals surface area contributed by atoms with Crippen LogP contribution in [0.15, 0.2) is 18.5 Å². The zero-order valence-corrected chi connectivity index (χ0v) is 11.3. The first-order chi connectivity index (χ1) is 8.61. The third kappa shape index (κ3) is 2.61. The van der Waals surface area contributed by atoms with Crippen molar-refractivity contribution in [2.24, 2.45) is 11.7 Å². The van der Waals surface area contributed by atoms with Crippen molar-refractivity contribution in [3.8, 4) is 0 Å². The van der Waals surface area contributed by atoms with Gasteiger partial charge in [0, 0.05) is 32.0 Å². The van der Waals surface area contributed by atoms with E-state index in [4.69, 9.17) is 5.73 Å². The Kier molecular flexibility index (Phi) is 3.81. The van der Waals surface area contributed by atoms with Crippen LogP contribution in [0.3, 0.4) is 0 Å². The quantitative estimate of drug-likeness (QED) is 0.869. The fourth-order valence-electron chi connectivity index (χ4n) is 2.15. The van der Waals surface area contributed by atoms with E-state index in [0.717, 1.165) is 30.1 Å². The summed E-state index contributed by atoms with van der Waals surface area (Å²) in [5.74, 6) is 1.54. The van der Waals surface area contributed by atoms with Crippen molar-refractivity contribution in [2.75, 3.05) is 24.5 Å². The second-order valence-electron chi connectivity index (χ2n) is 4.99. The molecule has 0 aromatic carbocycles. The molecule has 0 fully saturated rings. The van der Waals surface area contributed by atoms with Gasteiger partial charge in [-0.2, -0.15) is 5.10 Å². The minimum Gasteiger partial charge on any atom is -0.353 e. The maximum Gasteiger partial charge on any atom is 0.154 e. The lowest BCUT2D eigenvalue weighted by Gasteiger charge is -2.25. The minimum absolute atomic E-state index is 0.572. The second kappa shape index (κ2) is 5.35. The van der Waals surface area contributed by atoms with Crippen LogP contribution in [0.1, 0.15) is 19.5 Å². The Hall–Kier alpha value is -1.62. The van der Waals surface area contributed by atoms with Crippen LogP contribution in [0.4, 0.5) is 5.82 Å². The third-order valence-electron chi connectivity index (χ3n) is 2.78. The van der Waals surface area contributed by atoms with Crippen molar-refractivity contribution in [1.82, 2.24) is 14.6 Å². The van der Waals surface area contributed by atoms with Crippen molar-refractivity contribution >= 4 is 11.3 Å². The first-order valence-electron chi connectivity index (χ1n) is 6.38. The smallest absolute Gasteiger partial charge is 0.154 e. The molecule has 0 atom stereocenters. The van der Waals surface area contributed by atoms with Crippen molar-refractivity contribution < 1.29 is 0 Å². The van der Waals surface area contributed by atoms with Crippen LogP contribution in [0.25, 0.3) is 5.52 Å². The van der Waals surface area contributed by atoms with Crippen molar-refractivity contribution in [2.45, 2.75) is 20.8 Å². The van der Waals surface area contributed by atoms with E-state index >= 15 is 0 Å². The lowest BCUT2D eigenvalue weighted by atomic mass is 10.2. The Morgan fingerprint density at radius 1 is 1.44 bits per heavy atom. The molecule has 0 aliphatic rings. The van der Waals surface area contributed by atoms with Gasteiger partial charge in [-0.25, -0.2) is 9.50 Å². The molecular formula is C13H21N5. The Morgan fingerprint density at radius 2 is 2.22 bits per heavy atom. The predicted octanol–water partition coefficient (Wildman–Crippen LogP) is 1.46. The van der Waals surface area contributed by atoms with Crippen LogP contribution in [0.5, 0.6) is 0 Å². The largest absolute Gasteiger partial charge is 0.353 e. The van der Waals surface area contributed by atoms with Crippen LogP contribution in [-0.2, 0) is 0 Å². The van der Waals surface area contributed by atoms with Crippen molar-refractivity contribution in [3.05, 3.63) is 24.2 Å². The zero-order chi connectivity index (χ0) is 13.1. The SMILES string of the molecule is Cc1cc2c(N(CCN)CC(C)C)nccn2n1. The highest BCUT2D eigenvalue weighted by molar-refractivity contribution is 5.69. The molecule has 0 unspecified atom stereocenters. The Bertz CT molecular complexity index is 517. The van der Waals surface area contributed by atoms with Crippen LogP contribution in [0.2, 0.25) is 0 Å². The molecule has 2 heterocycles. The average molecular weight is 247 g/mol. The minimum atomic E-state index is 0.572. The van der Waals surface area contributed by atoms with E-state index in [-0.39, 0.29) is 0 Å². The van der Waals surface area contributed by atoms with Crippen molar-refractivity contribution in [1.29, 1.82) is 0 Å². The van der Waals surface area contributed by atoms with Crippen LogP contribution < -0.4 is 10.6 Å². The summed E-state index contributed by atoms with van der Waals surface area (Å²) < 4.78 is 1.88. The highest BCUT2D eigenvalue weighted by atomic mass is 15.3. The van der Waals surface area contributed by atoms with Crippen molar-refractivity contribution in [3.63, 3.8) is 0 Å². The monoisotopic (exact) mass is 247 g/mol. The Labute approximate surface area is 108 Å². The van der Waals surface area contributed by atoms with E-state index in [1.807, 2.05) is 17.6 Å². The molecule has 0 amide bonds. The lowest BCUT2D eigenvalue weighted by Crippen LogP contribution is -2.33. The molecule has 0 aliphatic heterocycles. The number of nitrogens with zero attached hydrogens (tertiary/aromatic N) is 4. The number of hydrogen-bond acceptors (Lipinski definition) is 4. The van der Waals surface area contributed by atoms with Gasteiger partial charge in [0.1, 0.15) is 5.52 Å². The first kappa shape index (κ1) is 12.8. The molecule has 0 bridgehead atoms. The maximum absolute atomic E-state index is 5.70. The summed E-state index contributed by atoms with van der Waals surface area (Å²) in [5.41, 5.74) is 7.75.